The number of carbonyl (C=O) groups is 1. The van der Waals surface area contributed by atoms with Crippen LogP contribution in [0.25, 0.3) is 0 Å². The van der Waals surface area contributed by atoms with Gasteiger partial charge < -0.3 is 15.4 Å². The van der Waals surface area contributed by atoms with Gasteiger partial charge in [0, 0.05) is 50.7 Å². The molecule has 1 amide bonds. The van der Waals surface area contributed by atoms with Gasteiger partial charge in [-0.25, -0.2) is 0 Å². The summed E-state index contributed by atoms with van der Waals surface area (Å²) in [6.07, 6.45) is 0.163. The normalized spacial score (nSPS) is 20.7. The van der Waals surface area contributed by atoms with Crippen LogP contribution in [0.4, 0.5) is 0 Å². The summed E-state index contributed by atoms with van der Waals surface area (Å²) in [5.41, 5.74) is 1.00. The van der Waals surface area contributed by atoms with Crippen molar-refractivity contribution in [3.8, 4) is 5.75 Å². The quantitative estimate of drug-likeness (QED) is 0.857. The first-order chi connectivity index (χ1) is 10.2. The van der Waals surface area contributed by atoms with Crippen LogP contribution >= 0.6 is 24.0 Å². The van der Waals surface area contributed by atoms with Gasteiger partial charge in [0.2, 0.25) is 0 Å². The lowest BCUT2D eigenvalue weighted by Crippen LogP contribution is -2.47. The van der Waals surface area contributed by atoms with E-state index in [0.717, 1.165) is 44.0 Å². The average molecular weight is 346 g/mol. The second kappa shape index (κ2) is 8.02. The van der Waals surface area contributed by atoms with Crippen molar-refractivity contribution >= 4 is 29.9 Å². The smallest absolute Gasteiger partial charge is 0.261 e. The highest BCUT2D eigenvalue weighted by molar-refractivity contribution is 6.30. The average Bonchev–Trinajstić information content (AvgIpc) is 2.91. The largest absolute Gasteiger partial charge is 0.480 e. The Morgan fingerprint density at radius 2 is 2.18 bits per heavy atom. The third-order valence-electron chi connectivity index (χ3n) is 3.93. The van der Waals surface area contributed by atoms with Crippen LogP contribution in [-0.2, 0) is 11.2 Å². The maximum atomic E-state index is 12.1. The zero-order chi connectivity index (χ0) is 14.7. The summed E-state index contributed by atoms with van der Waals surface area (Å²) < 4.78 is 5.67. The van der Waals surface area contributed by atoms with Gasteiger partial charge in [0.1, 0.15) is 5.75 Å². The first kappa shape index (κ1) is 17.3. The molecular weight excluding hydrogens is 325 g/mol. The van der Waals surface area contributed by atoms with Gasteiger partial charge in [-0.15, -0.1) is 12.4 Å². The molecule has 22 heavy (non-hydrogen) atoms. The molecule has 3 rings (SSSR count). The molecule has 1 unspecified atom stereocenters. The van der Waals surface area contributed by atoms with Gasteiger partial charge in [0.05, 0.1) is 0 Å². The first-order valence-corrected chi connectivity index (χ1v) is 7.76. The Labute approximate surface area is 141 Å². The molecule has 1 aromatic carbocycles. The molecular formula is C15H21Cl2N3O2. The van der Waals surface area contributed by atoms with Crippen molar-refractivity contribution in [2.24, 2.45) is 0 Å². The molecule has 2 aliphatic rings. The van der Waals surface area contributed by atoms with Crippen molar-refractivity contribution in [2.75, 3.05) is 39.3 Å². The third-order valence-corrected chi connectivity index (χ3v) is 4.16. The van der Waals surface area contributed by atoms with E-state index in [1.165, 1.54) is 0 Å². The number of benzene rings is 1. The molecule has 2 heterocycles. The topological polar surface area (TPSA) is 53.6 Å². The maximum absolute atomic E-state index is 12.1. The van der Waals surface area contributed by atoms with Crippen molar-refractivity contribution in [1.82, 2.24) is 15.5 Å². The summed E-state index contributed by atoms with van der Waals surface area (Å²) in [4.78, 5) is 14.5. The van der Waals surface area contributed by atoms with Crippen molar-refractivity contribution in [3.05, 3.63) is 28.8 Å². The lowest BCUT2D eigenvalue weighted by molar-refractivity contribution is -0.127. The zero-order valence-electron chi connectivity index (χ0n) is 12.3. The van der Waals surface area contributed by atoms with E-state index >= 15 is 0 Å². The Morgan fingerprint density at radius 1 is 1.41 bits per heavy atom. The summed E-state index contributed by atoms with van der Waals surface area (Å²) >= 11 is 5.95. The molecule has 1 atom stereocenters. The molecule has 0 aromatic heterocycles. The maximum Gasteiger partial charge on any atom is 0.261 e. The fourth-order valence-electron chi connectivity index (χ4n) is 2.75. The van der Waals surface area contributed by atoms with E-state index in [4.69, 9.17) is 16.3 Å². The first-order valence-electron chi connectivity index (χ1n) is 7.38. The Balaban J connectivity index is 0.00000176. The Morgan fingerprint density at radius 3 is 2.95 bits per heavy atom. The van der Waals surface area contributed by atoms with Gasteiger partial charge in [-0.2, -0.15) is 0 Å². The van der Waals surface area contributed by atoms with Crippen molar-refractivity contribution in [1.29, 1.82) is 0 Å². The number of halogens is 2. The number of nitrogens with zero attached hydrogens (tertiary/aromatic N) is 1. The van der Waals surface area contributed by atoms with E-state index in [0.29, 0.717) is 18.0 Å². The van der Waals surface area contributed by atoms with Crippen LogP contribution in [0.1, 0.15) is 5.56 Å². The van der Waals surface area contributed by atoms with Crippen molar-refractivity contribution < 1.29 is 9.53 Å². The summed E-state index contributed by atoms with van der Waals surface area (Å²) in [6.45, 7) is 5.68. The minimum absolute atomic E-state index is 0. The molecule has 5 nitrogen and oxygen atoms in total. The lowest BCUT2D eigenvalue weighted by Gasteiger charge is -2.27. The number of carbonyl (C=O) groups excluding carboxylic acids is 1. The van der Waals surface area contributed by atoms with Crippen LogP contribution in [0.15, 0.2) is 18.2 Å². The van der Waals surface area contributed by atoms with Crippen molar-refractivity contribution in [3.63, 3.8) is 0 Å². The standard InChI is InChI=1S/C15H20ClN3O2.ClH/c16-12-1-2-13-11(9-12)10-14(21-13)15(20)18-5-8-19-6-3-17-4-7-19;/h1-2,9,14,17H,3-8,10H2,(H,18,20);1H. The second-order valence-corrected chi connectivity index (χ2v) is 5.88. The van der Waals surface area contributed by atoms with E-state index in [1.54, 1.807) is 6.07 Å². The van der Waals surface area contributed by atoms with Crippen LogP contribution in [0, 0.1) is 0 Å². The monoisotopic (exact) mass is 345 g/mol. The fourth-order valence-corrected chi connectivity index (χ4v) is 2.94. The molecule has 2 N–H and O–H groups in total. The minimum atomic E-state index is -0.429. The summed E-state index contributed by atoms with van der Waals surface area (Å²) in [5, 5.41) is 6.95. The number of nitrogens with one attached hydrogen (secondary N) is 2. The molecule has 0 radical (unpaired) electrons. The highest BCUT2D eigenvalue weighted by Gasteiger charge is 2.29. The van der Waals surface area contributed by atoms with E-state index in [9.17, 15) is 4.79 Å². The van der Waals surface area contributed by atoms with Gasteiger partial charge >= 0.3 is 0 Å². The molecule has 122 valence electrons. The number of rotatable bonds is 4. The van der Waals surface area contributed by atoms with Crippen LogP contribution < -0.4 is 15.4 Å². The Kier molecular flexibility index (Phi) is 6.32. The van der Waals surface area contributed by atoms with Gasteiger partial charge in [-0.1, -0.05) is 11.6 Å². The summed E-state index contributed by atoms with van der Waals surface area (Å²) in [5.74, 6) is 0.721. The lowest BCUT2D eigenvalue weighted by atomic mass is 10.1. The molecule has 0 saturated carbocycles. The molecule has 1 aromatic rings. The number of ether oxygens (including phenoxy) is 1. The molecule has 0 aliphatic carbocycles. The highest BCUT2D eigenvalue weighted by atomic mass is 35.5. The highest BCUT2D eigenvalue weighted by Crippen LogP contribution is 2.31. The SMILES string of the molecule is Cl.O=C(NCCN1CCNCC1)C1Cc2cc(Cl)ccc2O1. The van der Waals surface area contributed by atoms with E-state index in [2.05, 4.69) is 15.5 Å². The molecule has 0 spiro atoms. The minimum Gasteiger partial charge on any atom is -0.480 e. The predicted octanol–water partition coefficient (Wildman–Crippen LogP) is 1.09. The van der Waals surface area contributed by atoms with Gasteiger partial charge in [-0.05, 0) is 23.8 Å². The van der Waals surface area contributed by atoms with Crippen LogP contribution in [0.3, 0.4) is 0 Å². The van der Waals surface area contributed by atoms with E-state index in [-0.39, 0.29) is 18.3 Å². The Bertz CT molecular complexity index is 522. The van der Waals surface area contributed by atoms with Crippen LogP contribution in [0.2, 0.25) is 5.02 Å². The van der Waals surface area contributed by atoms with E-state index < -0.39 is 6.10 Å². The molecule has 1 fully saturated rings. The third kappa shape index (κ3) is 4.26. The number of amides is 1. The van der Waals surface area contributed by atoms with Gasteiger partial charge in [0.15, 0.2) is 6.10 Å². The number of hydrogen-bond donors (Lipinski definition) is 2. The van der Waals surface area contributed by atoms with Crippen LogP contribution in [0.5, 0.6) is 5.75 Å². The van der Waals surface area contributed by atoms with Gasteiger partial charge in [0.25, 0.3) is 5.91 Å². The summed E-state index contributed by atoms with van der Waals surface area (Å²) in [7, 11) is 0. The zero-order valence-corrected chi connectivity index (χ0v) is 13.9. The summed E-state index contributed by atoms with van der Waals surface area (Å²) in [6, 6.07) is 5.47. The predicted molar refractivity (Wildman–Crippen MR) is 89.1 cm³/mol. The van der Waals surface area contributed by atoms with Crippen LogP contribution in [-0.4, -0.2) is 56.2 Å². The molecule has 0 bridgehead atoms. The Hall–Kier alpha value is -1.01. The molecule has 2 aliphatic heterocycles. The van der Waals surface area contributed by atoms with Crippen molar-refractivity contribution in [2.45, 2.75) is 12.5 Å². The molecule has 7 heteroatoms. The van der Waals surface area contributed by atoms with E-state index in [1.807, 2.05) is 12.1 Å². The number of fused-ring (bicyclic) bond motifs is 1. The fraction of sp³-hybridized carbons (Fsp3) is 0.533. The molecule has 1 saturated heterocycles. The number of hydrogen-bond acceptors (Lipinski definition) is 4. The number of piperazine rings is 1. The second-order valence-electron chi connectivity index (χ2n) is 5.45. The van der Waals surface area contributed by atoms with Gasteiger partial charge in [-0.3, -0.25) is 9.69 Å².